The second-order valence-corrected chi connectivity index (χ2v) is 5.19. The van der Waals surface area contributed by atoms with Crippen LogP contribution in [0.4, 0.5) is 11.4 Å². The standard InChI is InChI=1S/C18H21N5O2/c1-2-3-13-24-17-8-4-15(5-9-17)21-22-16-6-10-18(11-7-16)25-14-12-20-23-19/h4-11H,2-3,12-14H2,1H3. The largest absolute Gasteiger partial charge is 0.494 e. The van der Waals surface area contributed by atoms with Crippen LogP contribution in [0.2, 0.25) is 0 Å². The molecule has 2 aromatic rings. The predicted octanol–water partition coefficient (Wildman–Crippen LogP) is 5.97. The highest BCUT2D eigenvalue weighted by molar-refractivity contribution is 5.44. The third-order valence-electron chi connectivity index (χ3n) is 3.24. The molecule has 0 N–H and O–H groups in total. The first-order chi connectivity index (χ1) is 12.3. The van der Waals surface area contributed by atoms with Crippen LogP contribution in [-0.2, 0) is 0 Å². The number of ether oxygens (including phenoxy) is 2. The van der Waals surface area contributed by atoms with Crippen molar-refractivity contribution in [2.45, 2.75) is 19.8 Å². The van der Waals surface area contributed by atoms with Gasteiger partial charge in [-0.05, 0) is 60.5 Å². The first-order valence-corrected chi connectivity index (χ1v) is 8.20. The van der Waals surface area contributed by atoms with Crippen LogP contribution in [0.15, 0.2) is 63.9 Å². The summed E-state index contributed by atoms with van der Waals surface area (Å²) >= 11 is 0. The number of benzene rings is 2. The molecule has 2 aromatic carbocycles. The smallest absolute Gasteiger partial charge is 0.119 e. The van der Waals surface area contributed by atoms with Gasteiger partial charge < -0.3 is 9.47 Å². The van der Waals surface area contributed by atoms with E-state index >= 15 is 0 Å². The Kier molecular flexibility index (Phi) is 7.81. The monoisotopic (exact) mass is 339 g/mol. The van der Waals surface area contributed by atoms with Crippen molar-refractivity contribution in [3.8, 4) is 11.5 Å². The first-order valence-electron chi connectivity index (χ1n) is 8.20. The van der Waals surface area contributed by atoms with Gasteiger partial charge in [0, 0.05) is 4.91 Å². The zero-order valence-corrected chi connectivity index (χ0v) is 14.2. The van der Waals surface area contributed by atoms with Crippen LogP contribution in [0.25, 0.3) is 10.4 Å². The van der Waals surface area contributed by atoms with Gasteiger partial charge in [0.2, 0.25) is 0 Å². The molecule has 0 fully saturated rings. The van der Waals surface area contributed by atoms with Gasteiger partial charge in [-0.15, -0.1) is 0 Å². The van der Waals surface area contributed by atoms with Crippen LogP contribution >= 0.6 is 0 Å². The molecule has 2 rings (SSSR count). The molecule has 7 heteroatoms. The summed E-state index contributed by atoms with van der Waals surface area (Å²) in [5.41, 5.74) is 9.68. The zero-order valence-electron chi connectivity index (χ0n) is 14.2. The average Bonchev–Trinajstić information content (AvgIpc) is 2.66. The number of hydrogen-bond donors (Lipinski definition) is 0. The van der Waals surface area contributed by atoms with Gasteiger partial charge >= 0.3 is 0 Å². The lowest BCUT2D eigenvalue weighted by atomic mass is 10.3. The Morgan fingerprint density at radius 3 is 1.84 bits per heavy atom. The molecule has 0 radical (unpaired) electrons. The van der Waals surface area contributed by atoms with Crippen LogP contribution in [0, 0.1) is 0 Å². The molecule has 0 aliphatic rings. The molecule has 0 aliphatic heterocycles. The summed E-state index contributed by atoms with van der Waals surface area (Å²) in [6.07, 6.45) is 2.16. The molecule has 0 heterocycles. The van der Waals surface area contributed by atoms with Gasteiger partial charge in [0.05, 0.1) is 31.1 Å². The Morgan fingerprint density at radius 2 is 1.36 bits per heavy atom. The van der Waals surface area contributed by atoms with Gasteiger partial charge in [-0.2, -0.15) is 10.2 Å². The summed E-state index contributed by atoms with van der Waals surface area (Å²) in [6.45, 7) is 3.51. The average molecular weight is 339 g/mol. The molecule has 0 bridgehead atoms. The van der Waals surface area contributed by atoms with Gasteiger partial charge in [-0.1, -0.05) is 18.5 Å². The maximum Gasteiger partial charge on any atom is 0.119 e. The predicted molar refractivity (Wildman–Crippen MR) is 97.0 cm³/mol. The fraction of sp³-hybridized carbons (Fsp3) is 0.333. The van der Waals surface area contributed by atoms with E-state index in [1.54, 1.807) is 12.1 Å². The van der Waals surface area contributed by atoms with E-state index in [-0.39, 0.29) is 0 Å². The van der Waals surface area contributed by atoms with Crippen LogP contribution in [0.1, 0.15) is 19.8 Å². The van der Waals surface area contributed by atoms with Gasteiger partial charge in [0.1, 0.15) is 11.5 Å². The maximum absolute atomic E-state index is 8.19. The highest BCUT2D eigenvalue weighted by atomic mass is 16.5. The van der Waals surface area contributed by atoms with E-state index in [1.165, 1.54) is 0 Å². The van der Waals surface area contributed by atoms with Gasteiger partial charge in [-0.25, -0.2) is 0 Å². The molecule has 0 aromatic heterocycles. The Morgan fingerprint density at radius 1 is 0.840 bits per heavy atom. The lowest BCUT2D eigenvalue weighted by Crippen LogP contribution is -1.99. The number of azide groups is 1. The molecule has 0 saturated heterocycles. The molecule has 0 saturated carbocycles. The van der Waals surface area contributed by atoms with Crippen LogP contribution in [0.5, 0.6) is 11.5 Å². The van der Waals surface area contributed by atoms with E-state index in [2.05, 4.69) is 27.2 Å². The van der Waals surface area contributed by atoms with Crippen molar-refractivity contribution in [3.63, 3.8) is 0 Å². The normalized spacial score (nSPS) is 10.4. The van der Waals surface area contributed by atoms with Crippen molar-refractivity contribution in [3.05, 3.63) is 59.0 Å². The molecule has 7 nitrogen and oxygen atoms in total. The van der Waals surface area contributed by atoms with E-state index in [0.717, 1.165) is 36.6 Å². The van der Waals surface area contributed by atoms with Crippen LogP contribution < -0.4 is 9.47 Å². The summed E-state index contributed by atoms with van der Waals surface area (Å²) in [6, 6.07) is 14.8. The van der Waals surface area contributed by atoms with Crippen LogP contribution in [-0.4, -0.2) is 19.8 Å². The van der Waals surface area contributed by atoms with E-state index < -0.39 is 0 Å². The molecule has 0 amide bonds. The Labute approximate surface area is 146 Å². The Hall–Kier alpha value is -3.05. The molecule has 130 valence electrons. The van der Waals surface area contributed by atoms with Crippen molar-refractivity contribution in [1.82, 2.24) is 0 Å². The zero-order chi connectivity index (χ0) is 17.7. The number of rotatable bonds is 10. The third kappa shape index (κ3) is 6.93. The molecule has 0 aliphatic carbocycles. The van der Waals surface area contributed by atoms with Crippen LogP contribution in [0.3, 0.4) is 0 Å². The third-order valence-corrected chi connectivity index (χ3v) is 3.24. The fourth-order valence-electron chi connectivity index (χ4n) is 1.92. The molecule has 0 spiro atoms. The highest BCUT2D eigenvalue weighted by Crippen LogP contribution is 2.23. The van der Waals surface area contributed by atoms with Crippen molar-refractivity contribution in [1.29, 1.82) is 0 Å². The van der Waals surface area contributed by atoms with E-state index in [9.17, 15) is 0 Å². The number of hydrogen-bond acceptors (Lipinski definition) is 5. The van der Waals surface area contributed by atoms with Gasteiger partial charge in [-0.3, -0.25) is 0 Å². The first kappa shape index (κ1) is 18.3. The number of azo groups is 1. The summed E-state index contributed by atoms with van der Waals surface area (Å²) in [5.74, 6) is 1.54. The van der Waals surface area contributed by atoms with Crippen molar-refractivity contribution >= 4 is 11.4 Å². The van der Waals surface area contributed by atoms with Crippen molar-refractivity contribution in [2.24, 2.45) is 15.3 Å². The van der Waals surface area contributed by atoms with Crippen molar-refractivity contribution < 1.29 is 9.47 Å². The molecular weight excluding hydrogens is 318 g/mol. The Bertz CT molecular complexity index is 707. The van der Waals surface area contributed by atoms with E-state index in [4.69, 9.17) is 15.0 Å². The summed E-state index contributed by atoms with van der Waals surface area (Å²) in [4.78, 5) is 2.67. The molecule has 0 atom stereocenters. The lowest BCUT2D eigenvalue weighted by molar-refractivity contribution is 0.309. The second-order valence-electron chi connectivity index (χ2n) is 5.19. The van der Waals surface area contributed by atoms with E-state index in [0.29, 0.717) is 18.9 Å². The summed E-state index contributed by atoms with van der Waals surface area (Å²) in [5, 5.41) is 11.8. The lowest BCUT2D eigenvalue weighted by Gasteiger charge is -2.04. The minimum atomic E-state index is 0.302. The summed E-state index contributed by atoms with van der Waals surface area (Å²) in [7, 11) is 0. The minimum Gasteiger partial charge on any atom is -0.494 e. The number of nitrogens with zero attached hydrogens (tertiary/aromatic N) is 5. The molecular formula is C18H21N5O2. The molecule has 0 unspecified atom stereocenters. The fourth-order valence-corrected chi connectivity index (χ4v) is 1.92. The highest BCUT2D eigenvalue weighted by Gasteiger charge is 1.96. The van der Waals surface area contributed by atoms with Gasteiger partial charge in [0.15, 0.2) is 0 Å². The van der Waals surface area contributed by atoms with Gasteiger partial charge in [0.25, 0.3) is 0 Å². The summed E-state index contributed by atoms with van der Waals surface area (Å²) < 4.78 is 11.0. The number of unbranched alkanes of at least 4 members (excludes halogenated alkanes) is 1. The van der Waals surface area contributed by atoms with E-state index in [1.807, 2.05) is 36.4 Å². The quantitative estimate of drug-likeness (QED) is 0.231. The van der Waals surface area contributed by atoms with Crippen molar-refractivity contribution in [2.75, 3.05) is 19.8 Å². The second kappa shape index (κ2) is 10.7. The maximum atomic E-state index is 8.19. The minimum absolute atomic E-state index is 0.302. The SMILES string of the molecule is CCCCOc1ccc(N=Nc2ccc(OCCN=[N+]=[N-])cc2)cc1. The Balaban J connectivity index is 1.85. The topological polar surface area (TPSA) is 91.9 Å². The molecule has 25 heavy (non-hydrogen) atoms.